The minimum Gasteiger partial charge on any atom is -0.369 e. The number of benzene rings is 2. The van der Waals surface area contributed by atoms with E-state index in [4.69, 9.17) is 4.74 Å². The van der Waals surface area contributed by atoms with Crippen molar-refractivity contribution in [1.82, 2.24) is 14.9 Å². The molecule has 2 heterocycles. The number of fused-ring (bicyclic) bond motifs is 1. The van der Waals surface area contributed by atoms with Gasteiger partial charge in [-0.15, -0.1) is 0 Å². The second-order valence-corrected chi connectivity index (χ2v) is 5.91. The van der Waals surface area contributed by atoms with Crippen LogP contribution >= 0.6 is 0 Å². The van der Waals surface area contributed by atoms with E-state index in [9.17, 15) is 0 Å². The highest BCUT2D eigenvalue weighted by Crippen LogP contribution is 2.22. The molecule has 0 bridgehead atoms. The van der Waals surface area contributed by atoms with Crippen molar-refractivity contribution in [3.8, 4) is 0 Å². The molecule has 4 heteroatoms. The first-order chi connectivity index (χ1) is 11.4. The van der Waals surface area contributed by atoms with Crippen LogP contribution in [0.2, 0.25) is 0 Å². The van der Waals surface area contributed by atoms with Crippen molar-refractivity contribution in [3.63, 3.8) is 0 Å². The van der Waals surface area contributed by atoms with Gasteiger partial charge in [0.2, 0.25) is 0 Å². The average Bonchev–Trinajstić information content (AvgIpc) is 2.63. The minimum absolute atomic E-state index is 0.0120. The lowest BCUT2D eigenvalue weighted by molar-refractivity contribution is -0.0351. The molecule has 1 saturated heterocycles. The number of rotatable bonds is 3. The van der Waals surface area contributed by atoms with Crippen LogP contribution in [-0.4, -0.2) is 34.6 Å². The summed E-state index contributed by atoms with van der Waals surface area (Å²) in [6.45, 7) is 3.47. The largest absolute Gasteiger partial charge is 0.369 e. The summed E-state index contributed by atoms with van der Waals surface area (Å²) in [7, 11) is 0. The van der Waals surface area contributed by atoms with Crippen LogP contribution in [0.25, 0.3) is 10.8 Å². The van der Waals surface area contributed by atoms with Crippen LogP contribution in [0.3, 0.4) is 0 Å². The van der Waals surface area contributed by atoms with Gasteiger partial charge in [0.25, 0.3) is 0 Å². The Bertz CT molecular complexity index is 791. The molecule has 0 amide bonds. The number of ether oxygens (including phenoxy) is 1. The Morgan fingerprint density at radius 1 is 1.09 bits per heavy atom. The van der Waals surface area contributed by atoms with E-state index in [0.717, 1.165) is 31.9 Å². The van der Waals surface area contributed by atoms with E-state index in [1.807, 2.05) is 0 Å². The molecule has 0 unspecified atom stereocenters. The molecular weight excluding hydrogens is 286 g/mol. The quantitative estimate of drug-likeness (QED) is 0.745. The third-order valence-corrected chi connectivity index (χ3v) is 4.28. The van der Waals surface area contributed by atoms with Gasteiger partial charge in [-0.25, -0.2) is 0 Å². The van der Waals surface area contributed by atoms with Crippen molar-refractivity contribution in [2.45, 2.75) is 12.6 Å². The predicted octanol–water partition coefficient (Wildman–Crippen LogP) is 3.20. The molecule has 4 rings (SSSR count). The summed E-state index contributed by atoms with van der Waals surface area (Å²) >= 11 is 0. The van der Waals surface area contributed by atoms with Crippen LogP contribution in [0.4, 0.5) is 0 Å². The van der Waals surface area contributed by atoms with Gasteiger partial charge in [0.05, 0.1) is 18.5 Å². The molecule has 1 aliphatic rings. The molecule has 0 saturated carbocycles. The Hall–Kier alpha value is -2.30. The van der Waals surface area contributed by atoms with Gasteiger partial charge in [0.1, 0.15) is 6.10 Å². The zero-order valence-corrected chi connectivity index (χ0v) is 12.9. The van der Waals surface area contributed by atoms with Crippen LogP contribution in [0.5, 0.6) is 0 Å². The lowest BCUT2D eigenvalue weighted by Gasteiger charge is -2.32. The highest BCUT2D eigenvalue weighted by Gasteiger charge is 2.23. The predicted molar refractivity (Wildman–Crippen MR) is 90.0 cm³/mol. The summed E-state index contributed by atoms with van der Waals surface area (Å²) in [6.07, 6.45) is 5.22. The van der Waals surface area contributed by atoms with Crippen molar-refractivity contribution < 1.29 is 4.74 Å². The van der Waals surface area contributed by atoms with Crippen LogP contribution in [0.1, 0.15) is 17.4 Å². The average molecular weight is 305 g/mol. The van der Waals surface area contributed by atoms with E-state index >= 15 is 0 Å². The number of nitrogens with zero attached hydrogens (tertiary/aromatic N) is 3. The second kappa shape index (κ2) is 6.44. The molecule has 116 valence electrons. The Kier molecular flexibility index (Phi) is 4.01. The zero-order chi connectivity index (χ0) is 15.5. The van der Waals surface area contributed by atoms with Gasteiger partial charge in [-0.2, -0.15) is 0 Å². The molecule has 1 atom stereocenters. The maximum absolute atomic E-state index is 5.86. The summed E-state index contributed by atoms with van der Waals surface area (Å²) in [5, 5.41) is 2.58. The summed E-state index contributed by atoms with van der Waals surface area (Å²) in [5.41, 5.74) is 2.25. The van der Waals surface area contributed by atoms with Crippen LogP contribution < -0.4 is 0 Å². The molecular formula is C19H19N3O. The van der Waals surface area contributed by atoms with Crippen LogP contribution in [0.15, 0.2) is 61.1 Å². The fourth-order valence-corrected chi connectivity index (χ4v) is 3.10. The maximum Gasteiger partial charge on any atom is 0.114 e. The number of morpholine rings is 1. The molecule has 4 nitrogen and oxygen atoms in total. The number of hydrogen-bond acceptors (Lipinski definition) is 4. The van der Waals surface area contributed by atoms with E-state index in [0.29, 0.717) is 0 Å². The first-order valence-electron chi connectivity index (χ1n) is 7.96. The van der Waals surface area contributed by atoms with Gasteiger partial charge in [-0.1, -0.05) is 36.4 Å². The highest BCUT2D eigenvalue weighted by molar-refractivity contribution is 5.82. The summed E-state index contributed by atoms with van der Waals surface area (Å²) in [6, 6.07) is 15.2. The van der Waals surface area contributed by atoms with E-state index in [1.54, 1.807) is 18.6 Å². The topological polar surface area (TPSA) is 38.2 Å². The lowest BCUT2D eigenvalue weighted by atomic mass is 10.1. The zero-order valence-electron chi connectivity index (χ0n) is 12.9. The second-order valence-electron chi connectivity index (χ2n) is 5.91. The molecule has 0 N–H and O–H groups in total. The van der Waals surface area contributed by atoms with E-state index < -0.39 is 0 Å². The molecule has 3 aromatic rings. The Balaban J connectivity index is 1.49. The normalized spacial score (nSPS) is 19.0. The van der Waals surface area contributed by atoms with Crippen molar-refractivity contribution in [2.24, 2.45) is 0 Å². The third-order valence-electron chi connectivity index (χ3n) is 4.28. The van der Waals surface area contributed by atoms with Gasteiger partial charge < -0.3 is 4.74 Å². The molecule has 0 radical (unpaired) electrons. The van der Waals surface area contributed by atoms with Gasteiger partial charge in [0, 0.05) is 32.0 Å². The van der Waals surface area contributed by atoms with Crippen molar-refractivity contribution >= 4 is 10.8 Å². The monoisotopic (exact) mass is 305 g/mol. The smallest absolute Gasteiger partial charge is 0.114 e. The van der Waals surface area contributed by atoms with E-state index in [-0.39, 0.29) is 6.10 Å². The molecule has 0 spiro atoms. The lowest BCUT2D eigenvalue weighted by Crippen LogP contribution is -2.38. The molecule has 0 aliphatic carbocycles. The molecule has 2 aromatic carbocycles. The standard InChI is InChI=1S/C19H19N3O/c1-2-4-17-11-15(5-6-16(17)3-1)13-22-9-10-23-19(14-22)18-12-20-7-8-21-18/h1-8,11-12,19H,9-10,13-14H2/t19-/m0/s1. The maximum atomic E-state index is 5.86. The molecule has 1 fully saturated rings. The van der Waals surface area contributed by atoms with Crippen molar-refractivity contribution in [3.05, 3.63) is 72.3 Å². The minimum atomic E-state index is 0.0120. The van der Waals surface area contributed by atoms with E-state index in [1.165, 1.54) is 16.3 Å². The van der Waals surface area contributed by atoms with Crippen molar-refractivity contribution in [1.29, 1.82) is 0 Å². The summed E-state index contributed by atoms with van der Waals surface area (Å²) in [4.78, 5) is 10.9. The number of aromatic nitrogens is 2. The number of hydrogen-bond donors (Lipinski definition) is 0. The first-order valence-corrected chi connectivity index (χ1v) is 7.96. The molecule has 23 heavy (non-hydrogen) atoms. The fourth-order valence-electron chi connectivity index (χ4n) is 3.10. The fraction of sp³-hybridized carbons (Fsp3) is 0.263. The first kappa shape index (κ1) is 14.3. The Morgan fingerprint density at radius 3 is 2.87 bits per heavy atom. The van der Waals surface area contributed by atoms with Crippen LogP contribution in [-0.2, 0) is 11.3 Å². The van der Waals surface area contributed by atoms with Gasteiger partial charge in [-0.05, 0) is 22.4 Å². The molecule has 1 aromatic heterocycles. The highest BCUT2D eigenvalue weighted by atomic mass is 16.5. The van der Waals surface area contributed by atoms with Crippen molar-refractivity contribution in [2.75, 3.05) is 19.7 Å². The Morgan fingerprint density at radius 2 is 2.00 bits per heavy atom. The van der Waals surface area contributed by atoms with E-state index in [2.05, 4.69) is 57.3 Å². The van der Waals surface area contributed by atoms with Gasteiger partial charge in [-0.3, -0.25) is 14.9 Å². The third kappa shape index (κ3) is 3.23. The van der Waals surface area contributed by atoms with Gasteiger partial charge in [0.15, 0.2) is 0 Å². The summed E-state index contributed by atoms with van der Waals surface area (Å²) in [5.74, 6) is 0. The SMILES string of the molecule is c1ccc2cc(CN3CCO[C@H](c4cnccn4)C3)ccc2c1. The Labute approximate surface area is 135 Å². The van der Waals surface area contributed by atoms with Crippen LogP contribution in [0, 0.1) is 0 Å². The molecule has 1 aliphatic heterocycles. The summed E-state index contributed by atoms with van der Waals surface area (Å²) < 4.78 is 5.86. The van der Waals surface area contributed by atoms with Gasteiger partial charge >= 0.3 is 0 Å².